The summed E-state index contributed by atoms with van der Waals surface area (Å²) >= 11 is 0. The highest BCUT2D eigenvalue weighted by Gasteiger charge is 2.30. The number of nitrogens with one attached hydrogen (secondary N) is 1. The van der Waals surface area contributed by atoms with Crippen LogP contribution in [-0.2, 0) is 9.53 Å². The fraction of sp³-hybridized carbons (Fsp3) is 0.375. The number of hydrogen-bond acceptors (Lipinski definition) is 3. The van der Waals surface area contributed by atoms with Gasteiger partial charge in [-0.25, -0.2) is 0 Å². The molecule has 0 spiro atoms. The molecule has 0 aliphatic heterocycles. The molecule has 1 aliphatic carbocycles. The van der Waals surface area contributed by atoms with Crippen molar-refractivity contribution < 1.29 is 14.3 Å². The van der Waals surface area contributed by atoms with Gasteiger partial charge in [-0.15, -0.1) is 0 Å². The predicted octanol–water partition coefficient (Wildman–Crippen LogP) is 3.08. The zero-order valence-electron chi connectivity index (χ0n) is 11.4. The first-order valence-electron chi connectivity index (χ1n) is 6.97. The van der Waals surface area contributed by atoms with Crippen LogP contribution in [0.4, 0.5) is 0 Å². The average molecular weight is 271 g/mol. The number of carbonyl (C=O) groups excluding carboxylic acids is 2. The summed E-state index contributed by atoms with van der Waals surface area (Å²) in [6.45, 7) is 1.64. The molecular weight excluding hydrogens is 254 g/mol. The average Bonchev–Trinajstić information content (AvgIpc) is 2.79. The van der Waals surface area contributed by atoms with E-state index in [1.165, 1.54) is 0 Å². The molecule has 0 saturated heterocycles. The van der Waals surface area contributed by atoms with Gasteiger partial charge in [0.1, 0.15) is 0 Å². The molecule has 3 rings (SSSR count). The van der Waals surface area contributed by atoms with Crippen molar-refractivity contribution in [3.8, 4) is 0 Å². The van der Waals surface area contributed by atoms with Gasteiger partial charge in [-0.2, -0.15) is 0 Å². The van der Waals surface area contributed by atoms with Gasteiger partial charge in [0.15, 0.2) is 6.10 Å². The van der Waals surface area contributed by atoms with E-state index in [4.69, 9.17) is 4.74 Å². The van der Waals surface area contributed by atoms with Crippen LogP contribution in [0.15, 0.2) is 30.5 Å². The van der Waals surface area contributed by atoms with Gasteiger partial charge in [0.25, 0.3) is 0 Å². The molecule has 4 nitrogen and oxygen atoms in total. The van der Waals surface area contributed by atoms with Gasteiger partial charge in [-0.3, -0.25) is 9.59 Å². The highest BCUT2D eigenvalue weighted by Crippen LogP contribution is 2.28. The van der Waals surface area contributed by atoms with E-state index in [2.05, 4.69) is 4.98 Å². The molecule has 104 valence electrons. The quantitative estimate of drug-likeness (QED) is 0.686. The summed E-state index contributed by atoms with van der Waals surface area (Å²) in [5.41, 5.74) is 1.49. The third-order valence-electron chi connectivity index (χ3n) is 3.96. The standard InChI is InChI=1S/C16H17NO3/c1-10(20-16(19)11-5-4-6-11)15(18)13-9-17-14-8-3-2-7-12(13)14/h2-3,7-11,17H,4-6H2,1H3/t10-/m0/s1. The lowest BCUT2D eigenvalue weighted by Crippen LogP contribution is -2.31. The van der Waals surface area contributed by atoms with E-state index in [1.807, 2.05) is 24.3 Å². The highest BCUT2D eigenvalue weighted by molar-refractivity contribution is 6.10. The molecule has 0 amide bonds. The molecule has 1 heterocycles. The smallest absolute Gasteiger partial charge is 0.309 e. The van der Waals surface area contributed by atoms with E-state index in [9.17, 15) is 9.59 Å². The summed E-state index contributed by atoms with van der Waals surface area (Å²) < 4.78 is 5.29. The normalized spacial score (nSPS) is 16.6. The van der Waals surface area contributed by atoms with E-state index >= 15 is 0 Å². The van der Waals surface area contributed by atoms with Crippen molar-refractivity contribution in [2.75, 3.05) is 0 Å². The molecule has 1 atom stereocenters. The number of Topliss-reactive ketones (excluding diaryl/α,β-unsaturated/α-hetero) is 1. The molecular formula is C16H17NO3. The number of fused-ring (bicyclic) bond motifs is 1. The van der Waals surface area contributed by atoms with Crippen LogP contribution in [0.5, 0.6) is 0 Å². The first-order valence-corrected chi connectivity index (χ1v) is 6.97. The van der Waals surface area contributed by atoms with Gasteiger partial charge in [0, 0.05) is 22.7 Å². The Bertz CT molecular complexity index is 655. The second-order valence-electron chi connectivity index (χ2n) is 5.32. The van der Waals surface area contributed by atoms with Crippen molar-refractivity contribution >= 4 is 22.7 Å². The fourth-order valence-corrected chi connectivity index (χ4v) is 2.46. The number of ether oxygens (including phenoxy) is 1. The number of rotatable bonds is 4. The van der Waals surface area contributed by atoms with Crippen LogP contribution in [0.25, 0.3) is 10.9 Å². The molecule has 0 unspecified atom stereocenters. The van der Waals surface area contributed by atoms with E-state index in [1.54, 1.807) is 13.1 Å². The predicted molar refractivity (Wildman–Crippen MR) is 75.5 cm³/mol. The number of ketones is 1. The molecule has 1 saturated carbocycles. The third-order valence-corrected chi connectivity index (χ3v) is 3.96. The Labute approximate surface area is 117 Å². The Morgan fingerprint density at radius 2 is 2.05 bits per heavy atom. The SMILES string of the molecule is C[C@H](OC(=O)C1CCC1)C(=O)c1c[nH]c2ccccc12. The van der Waals surface area contributed by atoms with E-state index in [-0.39, 0.29) is 17.7 Å². The lowest BCUT2D eigenvalue weighted by Gasteiger charge is -2.24. The molecule has 0 bridgehead atoms. The molecule has 1 aromatic carbocycles. The largest absolute Gasteiger partial charge is 0.454 e. The minimum atomic E-state index is -0.734. The van der Waals surface area contributed by atoms with Crippen molar-refractivity contribution in [1.82, 2.24) is 4.98 Å². The van der Waals surface area contributed by atoms with Crippen molar-refractivity contribution in [3.05, 3.63) is 36.0 Å². The third kappa shape index (κ3) is 2.22. The maximum Gasteiger partial charge on any atom is 0.309 e. The molecule has 1 aromatic heterocycles. The van der Waals surface area contributed by atoms with E-state index < -0.39 is 6.10 Å². The first kappa shape index (κ1) is 12.9. The molecule has 20 heavy (non-hydrogen) atoms. The molecule has 2 aromatic rings. The van der Waals surface area contributed by atoms with Crippen LogP contribution in [0, 0.1) is 5.92 Å². The second kappa shape index (κ2) is 5.12. The summed E-state index contributed by atoms with van der Waals surface area (Å²) in [4.78, 5) is 27.2. The number of benzene rings is 1. The summed E-state index contributed by atoms with van der Waals surface area (Å²) in [7, 11) is 0. The lowest BCUT2D eigenvalue weighted by molar-refractivity contribution is -0.154. The number of H-pyrrole nitrogens is 1. The van der Waals surface area contributed by atoms with Crippen molar-refractivity contribution in [1.29, 1.82) is 0 Å². The van der Waals surface area contributed by atoms with Gasteiger partial charge < -0.3 is 9.72 Å². The Balaban J connectivity index is 1.76. The number of esters is 1. The summed E-state index contributed by atoms with van der Waals surface area (Å²) in [6, 6.07) is 7.60. The lowest BCUT2D eigenvalue weighted by atomic mass is 9.85. The zero-order chi connectivity index (χ0) is 14.1. The Morgan fingerprint density at radius 1 is 1.30 bits per heavy atom. The minimum Gasteiger partial charge on any atom is -0.454 e. The van der Waals surface area contributed by atoms with Crippen LogP contribution >= 0.6 is 0 Å². The number of carbonyl (C=O) groups is 2. The Morgan fingerprint density at radius 3 is 2.75 bits per heavy atom. The molecule has 0 radical (unpaired) electrons. The van der Waals surface area contributed by atoms with E-state index in [0.29, 0.717) is 5.56 Å². The summed E-state index contributed by atoms with van der Waals surface area (Å²) in [6.07, 6.45) is 3.78. The molecule has 1 fully saturated rings. The minimum absolute atomic E-state index is 0.00628. The van der Waals surface area contributed by atoms with Crippen LogP contribution in [0.3, 0.4) is 0 Å². The number of hydrogen-bond donors (Lipinski definition) is 1. The molecule has 1 N–H and O–H groups in total. The van der Waals surface area contributed by atoms with Crippen molar-refractivity contribution in [2.45, 2.75) is 32.3 Å². The Hall–Kier alpha value is -2.10. The number of aromatic amines is 1. The van der Waals surface area contributed by atoms with Crippen LogP contribution in [-0.4, -0.2) is 22.8 Å². The fourth-order valence-electron chi connectivity index (χ4n) is 2.46. The second-order valence-corrected chi connectivity index (χ2v) is 5.32. The topological polar surface area (TPSA) is 59.2 Å². The Kier molecular flexibility index (Phi) is 3.30. The maximum atomic E-state index is 12.4. The van der Waals surface area contributed by atoms with Gasteiger partial charge in [0.2, 0.25) is 5.78 Å². The van der Waals surface area contributed by atoms with Crippen molar-refractivity contribution in [2.24, 2.45) is 5.92 Å². The summed E-state index contributed by atoms with van der Waals surface area (Å²) in [5.74, 6) is -0.403. The number of para-hydroxylation sites is 1. The van der Waals surface area contributed by atoms with Gasteiger partial charge >= 0.3 is 5.97 Å². The van der Waals surface area contributed by atoms with Gasteiger partial charge in [0.05, 0.1) is 5.92 Å². The molecule has 4 heteroatoms. The van der Waals surface area contributed by atoms with Crippen LogP contribution < -0.4 is 0 Å². The maximum absolute atomic E-state index is 12.4. The number of aromatic nitrogens is 1. The van der Waals surface area contributed by atoms with Gasteiger partial charge in [-0.05, 0) is 25.8 Å². The zero-order valence-corrected chi connectivity index (χ0v) is 11.4. The van der Waals surface area contributed by atoms with E-state index in [0.717, 1.165) is 30.2 Å². The monoisotopic (exact) mass is 271 g/mol. The molecule has 1 aliphatic rings. The van der Waals surface area contributed by atoms with Gasteiger partial charge in [-0.1, -0.05) is 24.6 Å². The van der Waals surface area contributed by atoms with Crippen LogP contribution in [0.1, 0.15) is 36.5 Å². The van der Waals surface area contributed by atoms with Crippen LogP contribution in [0.2, 0.25) is 0 Å². The highest BCUT2D eigenvalue weighted by atomic mass is 16.5. The first-order chi connectivity index (χ1) is 9.66. The summed E-state index contributed by atoms with van der Waals surface area (Å²) in [5, 5.41) is 0.865. The van der Waals surface area contributed by atoms with Crippen molar-refractivity contribution in [3.63, 3.8) is 0 Å².